The van der Waals surface area contributed by atoms with Gasteiger partial charge in [-0.05, 0) is 18.9 Å². The maximum atomic E-state index is 4.26. The van der Waals surface area contributed by atoms with Gasteiger partial charge in [-0.3, -0.25) is 0 Å². The van der Waals surface area contributed by atoms with Crippen LogP contribution in [0.2, 0.25) is 0 Å². The molecule has 0 amide bonds. The Bertz CT molecular complexity index is 267. The molecule has 4 heteroatoms. The fourth-order valence-electron chi connectivity index (χ4n) is 1.43. The highest BCUT2D eigenvalue weighted by Gasteiger charge is 2.04. The highest BCUT2D eigenvalue weighted by molar-refractivity contribution is 4.83. The van der Waals surface area contributed by atoms with Gasteiger partial charge < -0.3 is 5.32 Å². The predicted octanol–water partition coefficient (Wildman–Crippen LogP) is 1.82. The van der Waals surface area contributed by atoms with Crippen LogP contribution >= 0.6 is 0 Å². The van der Waals surface area contributed by atoms with Crippen molar-refractivity contribution in [1.29, 1.82) is 0 Å². The number of rotatable bonds is 7. The summed E-state index contributed by atoms with van der Waals surface area (Å²) in [5.74, 6) is 1.65. The number of hydrogen-bond donors (Lipinski definition) is 1. The Balaban J connectivity index is 2.36. The molecular weight excluding hydrogens is 188 g/mol. The van der Waals surface area contributed by atoms with Crippen LogP contribution < -0.4 is 5.32 Å². The molecule has 1 N–H and O–H groups in total. The quantitative estimate of drug-likeness (QED) is 0.698. The first-order chi connectivity index (χ1) is 7.24. The summed E-state index contributed by atoms with van der Waals surface area (Å²) in [4.78, 5) is 4.26. The third-order valence-electron chi connectivity index (χ3n) is 2.22. The number of hydrogen-bond acceptors (Lipinski definition) is 3. The first-order valence-electron chi connectivity index (χ1n) is 5.81. The molecule has 4 nitrogen and oxygen atoms in total. The third-order valence-corrected chi connectivity index (χ3v) is 2.22. The topological polar surface area (TPSA) is 42.7 Å². The molecule has 0 aliphatic carbocycles. The molecule has 0 saturated heterocycles. The van der Waals surface area contributed by atoms with Crippen molar-refractivity contribution in [1.82, 2.24) is 20.1 Å². The van der Waals surface area contributed by atoms with E-state index < -0.39 is 0 Å². The predicted molar refractivity (Wildman–Crippen MR) is 61.5 cm³/mol. The van der Waals surface area contributed by atoms with E-state index in [0.29, 0.717) is 5.92 Å². The summed E-state index contributed by atoms with van der Waals surface area (Å²) >= 11 is 0. The van der Waals surface area contributed by atoms with Crippen LogP contribution in [0.5, 0.6) is 0 Å². The van der Waals surface area contributed by atoms with Gasteiger partial charge in [0.05, 0.1) is 6.54 Å². The number of unbranched alkanes of at least 4 members (excludes halogenated alkanes) is 1. The molecule has 0 spiro atoms. The molecule has 0 bridgehead atoms. The van der Waals surface area contributed by atoms with Gasteiger partial charge in [0.25, 0.3) is 0 Å². The normalized spacial score (nSPS) is 11.2. The van der Waals surface area contributed by atoms with E-state index in [1.807, 2.05) is 4.68 Å². The fourth-order valence-corrected chi connectivity index (χ4v) is 1.43. The summed E-state index contributed by atoms with van der Waals surface area (Å²) < 4.78 is 1.99. The van der Waals surface area contributed by atoms with Gasteiger partial charge in [-0.15, -0.1) is 0 Å². The van der Waals surface area contributed by atoms with Gasteiger partial charge in [-0.25, -0.2) is 9.67 Å². The van der Waals surface area contributed by atoms with E-state index in [-0.39, 0.29) is 0 Å². The van der Waals surface area contributed by atoms with Crippen molar-refractivity contribution in [3.8, 4) is 0 Å². The van der Waals surface area contributed by atoms with E-state index in [2.05, 4.69) is 36.2 Å². The Morgan fingerprint density at radius 2 is 2.27 bits per heavy atom. The molecule has 0 saturated carbocycles. The molecule has 0 fully saturated rings. The van der Waals surface area contributed by atoms with Crippen molar-refractivity contribution in [2.45, 2.75) is 46.7 Å². The number of aromatic nitrogens is 3. The minimum absolute atomic E-state index is 0.612. The molecule has 0 aliphatic heterocycles. The standard InChI is InChI=1S/C11H22N4/c1-4-5-6-12-7-11-13-9-14-15(11)8-10(2)3/h9-10,12H,4-8H2,1-3H3. The lowest BCUT2D eigenvalue weighted by Gasteiger charge is -2.08. The monoisotopic (exact) mass is 210 g/mol. The van der Waals surface area contributed by atoms with Crippen LogP contribution in [-0.2, 0) is 13.1 Å². The van der Waals surface area contributed by atoms with Gasteiger partial charge >= 0.3 is 0 Å². The summed E-state index contributed by atoms with van der Waals surface area (Å²) in [5, 5.41) is 7.60. The molecular formula is C11H22N4. The Morgan fingerprint density at radius 3 is 2.93 bits per heavy atom. The maximum Gasteiger partial charge on any atom is 0.140 e. The van der Waals surface area contributed by atoms with Gasteiger partial charge in [0.1, 0.15) is 12.2 Å². The first kappa shape index (κ1) is 12.2. The summed E-state index contributed by atoms with van der Waals surface area (Å²) in [6.45, 7) is 9.41. The van der Waals surface area contributed by atoms with Crippen LogP contribution in [0.15, 0.2) is 6.33 Å². The Labute approximate surface area is 92.1 Å². The Kier molecular flexibility index (Phi) is 5.32. The molecule has 86 valence electrons. The highest BCUT2D eigenvalue weighted by Crippen LogP contribution is 2.00. The van der Waals surface area contributed by atoms with E-state index in [9.17, 15) is 0 Å². The maximum absolute atomic E-state index is 4.26. The zero-order chi connectivity index (χ0) is 11.1. The zero-order valence-corrected chi connectivity index (χ0v) is 10.0. The van der Waals surface area contributed by atoms with Crippen molar-refractivity contribution >= 4 is 0 Å². The van der Waals surface area contributed by atoms with Gasteiger partial charge in [0.15, 0.2) is 0 Å². The molecule has 1 aromatic rings. The average Bonchev–Trinajstić information content (AvgIpc) is 2.59. The van der Waals surface area contributed by atoms with E-state index in [1.54, 1.807) is 6.33 Å². The van der Waals surface area contributed by atoms with Crippen molar-refractivity contribution in [2.24, 2.45) is 5.92 Å². The third kappa shape index (κ3) is 4.42. The second-order valence-corrected chi connectivity index (χ2v) is 4.28. The van der Waals surface area contributed by atoms with Gasteiger partial charge in [0, 0.05) is 6.54 Å². The van der Waals surface area contributed by atoms with Crippen LogP contribution in [0.4, 0.5) is 0 Å². The second-order valence-electron chi connectivity index (χ2n) is 4.28. The van der Waals surface area contributed by atoms with Gasteiger partial charge in [-0.2, -0.15) is 5.10 Å². The smallest absolute Gasteiger partial charge is 0.140 e. The molecule has 15 heavy (non-hydrogen) atoms. The van der Waals surface area contributed by atoms with E-state index in [4.69, 9.17) is 0 Å². The van der Waals surface area contributed by atoms with Crippen LogP contribution in [-0.4, -0.2) is 21.3 Å². The molecule has 1 heterocycles. The molecule has 0 aromatic carbocycles. The SMILES string of the molecule is CCCCNCc1ncnn1CC(C)C. The van der Waals surface area contributed by atoms with Crippen LogP contribution in [0, 0.1) is 5.92 Å². The highest BCUT2D eigenvalue weighted by atomic mass is 15.3. The summed E-state index contributed by atoms with van der Waals surface area (Å²) in [6.07, 6.45) is 4.09. The van der Waals surface area contributed by atoms with Crippen LogP contribution in [0.25, 0.3) is 0 Å². The first-order valence-corrected chi connectivity index (χ1v) is 5.81. The van der Waals surface area contributed by atoms with Gasteiger partial charge in [-0.1, -0.05) is 27.2 Å². The molecule has 1 rings (SSSR count). The largest absolute Gasteiger partial charge is 0.310 e. The lowest BCUT2D eigenvalue weighted by atomic mass is 10.2. The fraction of sp³-hybridized carbons (Fsp3) is 0.818. The zero-order valence-electron chi connectivity index (χ0n) is 10.0. The molecule has 1 aromatic heterocycles. The molecule has 0 aliphatic rings. The second kappa shape index (κ2) is 6.56. The Morgan fingerprint density at radius 1 is 1.47 bits per heavy atom. The Hall–Kier alpha value is -0.900. The number of nitrogens with one attached hydrogen (secondary N) is 1. The summed E-state index contributed by atoms with van der Waals surface area (Å²) in [7, 11) is 0. The minimum Gasteiger partial charge on any atom is -0.310 e. The lowest BCUT2D eigenvalue weighted by Crippen LogP contribution is -2.19. The molecule has 0 unspecified atom stereocenters. The molecule has 0 radical (unpaired) electrons. The van der Waals surface area contributed by atoms with Crippen molar-refractivity contribution in [3.63, 3.8) is 0 Å². The van der Waals surface area contributed by atoms with E-state index >= 15 is 0 Å². The van der Waals surface area contributed by atoms with Crippen LogP contribution in [0.1, 0.15) is 39.4 Å². The van der Waals surface area contributed by atoms with E-state index in [1.165, 1.54) is 12.8 Å². The van der Waals surface area contributed by atoms with E-state index in [0.717, 1.165) is 25.5 Å². The summed E-state index contributed by atoms with van der Waals surface area (Å²) in [5.41, 5.74) is 0. The lowest BCUT2D eigenvalue weighted by molar-refractivity contribution is 0.457. The van der Waals surface area contributed by atoms with Crippen LogP contribution in [0.3, 0.4) is 0 Å². The van der Waals surface area contributed by atoms with Crippen molar-refractivity contribution in [3.05, 3.63) is 12.2 Å². The van der Waals surface area contributed by atoms with Gasteiger partial charge in [0.2, 0.25) is 0 Å². The minimum atomic E-state index is 0.612. The average molecular weight is 210 g/mol. The van der Waals surface area contributed by atoms with Crippen molar-refractivity contribution < 1.29 is 0 Å². The van der Waals surface area contributed by atoms with Crippen molar-refractivity contribution in [2.75, 3.05) is 6.54 Å². The molecule has 0 atom stereocenters. The summed E-state index contributed by atoms with van der Waals surface area (Å²) in [6, 6.07) is 0. The number of nitrogens with zero attached hydrogens (tertiary/aromatic N) is 3.